The molecule has 0 unspecified atom stereocenters. The summed E-state index contributed by atoms with van der Waals surface area (Å²) < 4.78 is 22.5. The highest BCUT2D eigenvalue weighted by Crippen LogP contribution is 2.21. The molecule has 0 rings (SSSR count). The number of carbonyl (C=O) groups is 1. The second-order valence-electron chi connectivity index (χ2n) is 6.05. The number of aliphatic carboxylic acids is 1. The number of nitrogens with zero attached hydrogens (tertiary/aromatic N) is 6. The molecule has 12 heteroatoms. The molecule has 0 saturated carbocycles. The Morgan fingerprint density at radius 3 is 1.79 bits per heavy atom. The first-order valence-electron chi connectivity index (χ1n) is 9.14. The number of carboxylic acids is 1. The van der Waals surface area contributed by atoms with Gasteiger partial charge in [-0.05, 0) is 30.8 Å². The average molecular weight is 402 g/mol. The molecule has 0 heterocycles. The fourth-order valence-corrected chi connectivity index (χ4v) is 2.16. The van der Waals surface area contributed by atoms with Crippen molar-refractivity contribution in [2.75, 3.05) is 65.9 Å². The van der Waals surface area contributed by atoms with Gasteiger partial charge >= 0.3 is 5.97 Å². The van der Waals surface area contributed by atoms with Crippen molar-refractivity contribution in [3.05, 3.63) is 20.9 Å². The molecule has 0 aliphatic heterocycles. The summed E-state index contributed by atoms with van der Waals surface area (Å²) in [6, 6.07) is 0. The Hall–Kier alpha value is -2.07. The highest BCUT2D eigenvalue weighted by atomic mass is 16.5. The van der Waals surface area contributed by atoms with Crippen LogP contribution in [-0.4, -0.2) is 77.0 Å². The highest BCUT2D eigenvalue weighted by molar-refractivity contribution is 5.66. The zero-order valence-electron chi connectivity index (χ0n) is 16.4. The van der Waals surface area contributed by atoms with E-state index in [1.54, 1.807) is 0 Å². The van der Waals surface area contributed by atoms with E-state index in [1.165, 1.54) is 0 Å². The maximum atomic E-state index is 10.7. The smallest absolute Gasteiger partial charge is 0.305 e. The third kappa shape index (κ3) is 15.0. The molecule has 0 atom stereocenters. The summed E-state index contributed by atoms with van der Waals surface area (Å²) in [5.74, 6) is -0.931. The van der Waals surface area contributed by atoms with Crippen LogP contribution in [0.2, 0.25) is 0 Å². The summed E-state index contributed by atoms with van der Waals surface area (Å²) in [5, 5.41) is 15.7. The minimum atomic E-state index is -0.931. The van der Waals surface area contributed by atoms with E-state index in [-0.39, 0.29) is 32.8 Å². The Kier molecular flexibility index (Phi) is 16.9. The van der Waals surface area contributed by atoms with Crippen molar-refractivity contribution in [2.45, 2.75) is 26.2 Å². The zero-order chi connectivity index (χ0) is 20.9. The number of hydrogen-bond donors (Lipinski definition) is 1. The van der Waals surface area contributed by atoms with E-state index in [0.717, 1.165) is 0 Å². The molecule has 160 valence electrons. The number of ether oxygens (including phenoxy) is 4. The standard InChI is InChI=1S/C16H30N6O6/c1-2-25-11-16(14-28-10-5-15(23)24,12-26-8-3-6-19-21-17)13-27-9-4-7-20-22-18/h2-14H2,1H3,(H,23,24). The minimum Gasteiger partial charge on any atom is -0.481 e. The van der Waals surface area contributed by atoms with Crippen LogP contribution in [0.5, 0.6) is 0 Å². The highest BCUT2D eigenvalue weighted by Gasteiger charge is 2.32. The fourth-order valence-electron chi connectivity index (χ4n) is 2.16. The zero-order valence-corrected chi connectivity index (χ0v) is 16.4. The summed E-state index contributed by atoms with van der Waals surface area (Å²) >= 11 is 0. The van der Waals surface area contributed by atoms with Crippen LogP contribution in [0, 0.1) is 5.41 Å². The predicted molar refractivity (Wildman–Crippen MR) is 101 cm³/mol. The summed E-state index contributed by atoms with van der Waals surface area (Å²) in [7, 11) is 0. The summed E-state index contributed by atoms with van der Waals surface area (Å²) in [6.45, 7) is 5.06. The summed E-state index contributed by atoms with van der Waals surface area (Å²) in [6.07, 6.45) is 1.08. The molecule has 12 nitrogen and oxygen atoms in total. The van der Waals surface area contributed by atoms with E-state index < -0.39 is 11.4 Å². The molecule has 0 aromatic heterocycles. The predicted octanol–water partition coefficient (Wildman–Crippen LogP) is 2.93. The molecule has 0 aromatic carbocycles. The van der Waals surface area contributed by atoms with Crippen LogP contribution in [-0.2, 0) is 23.7 Å². The molecule has 0 saturated heterocycles. The van der Waals surface area contributed by atoms with Crippen molar-refractivity contribution in [3.8, 4) is 0 Å². The Bertz CT molecular complexity index is 480. The van der Waals surface area contributed by atoms with Gasteiger partial charge in [0.1, 0.15) is 0 Å². The molecule has 0 aliphatic carbocycles. The van der Waals surface area contributed by atoms with E-state index in [9.17, 15) is 4.79 Å². The molecule has 0 bridgehead atoms. The van der Waals surface area contributed by atoms with Crippen LogP contribution in [0.25, 0.3) is 20.9 Å². The Morgan fingerprint density at radius 1 is 0.893 bits per heavy atom. The van der Waals surface area contributed by atoms with E-state index in [1.807, 2.05) is 6.92 Å². The molecular formula is C16H30N6O6. The van der Waals surface area contributed by atoms with Crippen molar-refractivity contribution in [1.29, 1.82) is 0 Å². The molecular weight excluding hydrogens is 372 g/mol. The van der Waals surface area contributed by atoms with E-state index in [0.29, 0.717) is 52.4 Å². The third-order valence-electron chi connectivity index (χ3n) is 3.52. The first kappa shape index (κ1) is 25.9. The summed E-state index contributed by atoms with van der Waals surface area (Å²) in [4.78, 5) is 16.0. The number of rotatable bonds is 20. The molecule has 0 spiro atoms. The van der Waals surface area contributed by atoms with Gasteiger partial charge in [-0.2, -0.15) is 0 Å². The second-order valence-corrected chi connectivity index (χ2v) is 6.05. The van der Waals surface area contributed by atoms with Crippen LogP contribution in [0.1, 0.15) is 26.2 Å². The van der Waals surface area contributed by atoms with Gasteiger partial charge in [-0.15, -0.1) is 0 Å². The number of hydrogen-bond acceptors (Lipinski definition) is 7. The normalized spacial score (nSPS) is 12.6. The lowest BCUT2D eigenvalue weighted by atomic mass is 9.92. The Labute approximate surface area is 164 Å². The molecule has 0 fully saturated rings. The SMILES string of the molecule is CCOCC(COCCCN=[N+]=[N-])(COCCCN=[N+]=[N-])COCCC(=O)O. The lowest BCUT2D eigenvalue weighted by Crippen LogP contribution is -2.42. The van der Waals surface area contributed by atoms with E-state index in [4.69, 9.17) is 35.1 Å². The Morgan fingerprint density at radius 2 is 1.36 bits per heavy atom. The number of azide groups is 2. The first-order valence-corrected chi connectivity index (χ1v) is 9.14. The van der Waals surface area contributed by atoms with Crippen molar-refractivity contribution >= 4 is 5.97 Å². The quantitative estimate of drug-likeness (QED) is 0.142. The monoisotopic (exact) mass is 402 g/mol. The first-order chi connectivity index (χ1) is 13.6. The molecule has 28 heavy (non-hydrogen) atoms. The van der Waals surface area contributed by atoms with Gasteiger partial charge in [0, 0.05) is 42.7 Å². The molecule has 0 aromatic rings. The van der Waals surface area contributed by atoms with Gasteiger partial charge < -0.3 is 24.1 Å². The van der Waals surface area contributed by atoms with E-state index >= 15 is 0 Å². The van der Waals surface area contributed by atoms with Gasteiger partial charge in [-0.3, -0.25) is 4.79 Å². The van der Waals surface area contributed by atoms with Crippen LogP contribution < -0.4 is 0 Å². The van der Waals surface area contributed by atoms with Gasteiger partial charge in [0.05, 0.1) is 44.9 Å². The molecule has 1 N–H and O–H groups in total. The topological polar surface area (TPSA) is 172 Å². The largest absolute Gasteiger partial charge is 0.481 e. The molecule has 0 aliphatic rings. The van der Waals surface area contributed by atoms with Crippen molar-refractivity contribution in [2.24, 2.45) is 15.6 Å². The third-order valence-corrected chi connectivity index (χ3v) is 3.52. The summed E-state index contributed by atoms with van der Waals surface area (Å²) in [5.41, 5.74) is 16.0. The lowest BCUT2D eigenvalue weighted by molar-refractivity contribution is -0.139. The van der Waals surface area contributed by atoms with Gasteiger partial charge in [0.15, 0.2) is 0 Å². The Balaban J connectivity index is 4.69. The van der Waals surface area contributed by atoms with Crippen molar-refractivity contribution < 1.29 is 28.8 Å². The van der Waals surface area contributed by atoms with Crippen molar-refractivity contribution in [1.82, 2.24) is 0 Å². The molecule has 0 radical (unpaired) electrons. The lowest BCUT2D eigenvalue weighted by Gasteiger charge is -2.33. The van der Waals surface area contributed by atoms with Crippen LogP contribution >= 0.6 is 0 Å². The van der Waals surface area contributed by atoms with Crippen LogP contribution in [0.4, 0.5) is 0 Å². The van der Waals surface area contributed by atoms with E-state index in [2.05, 4.69) is 20.1 Å². The fraction of sp³-hybridized carbons (Fsp3) is 0.938. The number of carboxylic acid groups (broad SMARTS) is 1. The van der Waals surface area contributed by atoms with Crippen LogP contribution in [0.3, 0.4) is 0 Å². The second kappa shape index (κ2) is 18.3. The van der Waals surface area contributed by atoms with Gasteiger partial charge in [0.25, 0.3) is 0 Å². The van der Waals surface area contributed by atoms with Gasteiger partial charge in [0.2, 0.25) is 0 Å². The minimum absolute atomic E-state index is 0.0803. The average Bonchev–Trinajstić information content (AvgIpc) is 2.68. The van der Waals surface area contributed by atoms with Crippen LogP contribution in [0.15, 0.2) is 10.2 Å². The maximum Gasteiger partial charge on any atom is 0.305 e. The van der Waals surface area contributed by atoms with Gasteiger partial charge in [-0.1, -0.05) is 10.2 Å². The van der Waals surface area contributed by atoms with Crippen molar-refractivity contribution in [3.63, 3.8) is 0 Å². The maximum absolute atomic E-state index is 10.7. The van der Waals surface area contributed by atoms with Gasteiger partial charge in [-0.25, -0.2) is 0 Å². The molecule has 0 amide bonds.